The summed E-state index contributed by atoms with van der Waals surface area (Å²) in [6.07, 6.45) is 1.80. The molecule has 1 aliphatic heterocycles. The minimum Gasteiger partial charge on any atom is -0.493 e. The third-order valence-corrected chi connectivity index (χ3v) is 4.84. The highest BCUT2D eigenvalue weighted by Crippen LogP contribution is 2.40. The lowest BCUT2D eigenvalue weighted by molar-refractivity contribution is -0.120. The largest absolute Gasteiger partial charge is 0.493 e. The lowest BCUT2D eigenvalue weighted by atomic mass is 9.89. The first-order valence-corrected chi connectivity index (χ1v) is 9.18. The van der Waals surface area contributed by atoms with Crippen LogP contribution in [0.15, 0.2) is 48.8 Å². The lowest BCUT2D eigenvalue weighted by Crippen LogP contribution is -2.25. The van der Waals surface area contributed by atoms with Gasteiger partial charge in [0.05, 0.1) is 12.8 Å². The predicted octanol–water partition coefficient (Wildman–Crippen LogP) is 2.36. The number of amides is 2. The molecule has 3 N–H and O–H groups in total. The second-order valence-electron chi connectivity index (χ2n) is 6.80. The summed E-state index contributed by atoms with van der Waals surface area (Å²) in [7, 11) is 1.48. The van der Waals surface area contributed by atoms with E-state index in [1.165, 1.54) is 19.2 Å². The van der Waals surface area contributed by atoms with Gasteiger partial charge < -0.3 is 20.5 Å². The van der Waals surface area contributed by atoms with Crippen LogP contribution in [0.25, 0.3) is 5.69 Å². The second kappa shape index (κ2) is 7.86. The molecule has 1 aromatic heterocycles. The number of carbonyl (C=O) groups is 2. The second-order valence-corrected chi connectivity index (χ2v) is 6.80. The molecular weight excluding hydrogens is 391 g/mol. The first-order valence-electron chi connectivity index (χ1n) is 9.18. The highest BCUT2D eigenvalue weighted by atomic mass is 19.1. The molecule has 3 aromatic rings. The molecular formula is C21H19FN4O4. The molecule has 0 aliphatic carbocycles. The molecule has 0 bridgehead atoms. The highest BCUT2D eigenvalue weighted by molar-refractivity contribution is 5.94. The van der Waals surface area contributed by atoms with Crippen molar-refractivity contribution in [2.24, 2.45) is 5.73 Å². The number of ether oxygens (including phenoxy) is 2. The van der Waals surface area contributed by atoms with Gasteiger partial charge >= 0.3 is 0 Å². The summed E-state index contributed by atoms with van der Waals surface area (Å²) in [6, 6.07) is 11.1. The van der Waals surface area contributed by atoms with Crippen molar-refractivity contribution < 1.29 is 23.5 Å². The van der Waals surface area contributed by atoms with E-state index in [1.54, 1.807) is 41.2 Å². The number of hydrogen-bond acceptors (Lipinski definition) is 5. The Kier molecular flexibility index (Phi) is 5.09. The molecule has 1 atom stereocenters. The van der Waals surface area contributed by atoms with Gasteiger partial charge in [0.1, 0.15) is 18.0 Å². The summed E-state index contributed by atoms with van der Waals surface area (Å²) in [4.78, 5) is 27.9. The molecule has 9 heteroatoms. The van der Waals surface area contributed by atoms with Crippen LogP contribution >= 0.6 is 0 Å². The van der Waals surface area contributed by atoms with Gasteiger partial charge in [-0.15, -0.1) is 0 Å². The van der Waals surface area contributed by atoms with E-state index < -0.39 is 5.91 Å². The van der Waals surface area contributed by atoms with Crippen LogP contribution in [0.5, 0.6) is 11.5 Å². The number of carbonyl (C=O) groups excluding carboxylic acids is 2. The fraction of sp³-hybridized carbons (Fsp3) is 0.190. The minimum absolute atomic E-state index is 0.163. The van der Waals surface area contributed by atoms with E-state index in [1.807, 2.05) is 0 Å². The van der Waals surface area contributed by atoms with Gasteiger partial charge in [-0.1, -0.05) is 6.07 Å². The number of hydrogen-bond donors (Lipinski definition) is 2. The molecule has 8 nitrogen and oxygen atoms in total. The van der Waals surface area contributed by atoms with E-state index in [-0.39, 0.29) is 30.7 Å². The van der Waals surface area contributed by atoms with Crippen molar-refractivity contribution in [3.8, 4) is 17.2 Å². The van der Waals surface area contributed by atoms with Gasteiger partial charge in [-0.2, -0.15) is 0 Å². The van der Waals surface area contributed by atoms with Crippen molar-refractivity contribution in [1.82, 2.24) is 9.55 Å². The molecule has 2 amide bonds. The Hall–Kier alpha value is -3.88. The number of anilines is 1. The lowest BCUT2D eigenvalue weighted by Gasteiger charge is -2.24. The zero-order valence-electron chi connectivity index (χ0n) is 16.1. The Bertz CT molecular complexity index is 1110. The zero-order valence-corrected chi connectivity index (χ0v) is 16.1. The van der Waals surface area contributed by atoms with Gasteiger partial charge in [-0.3, -0.25) is 14.2 Å². The molecule has 30 heavy (non-hydrogen) atoms. The maximum Gasteiger partial charge on any atom is 0.255 e. The maximum atomic E-state index is 13.3. The number of nitrogens with zero attached hydrogens (tertiary/aromatic N) is 2. The zero-order chi connectivity index (χ0) is 21.3. The van der Waals surface area contributed by atoms with Crippen molar-refractivity contribution in [3.05, 3.63) is 65.9 Å². The first kappa shape index (κ1) is 19.4. The smallest absolute Gasteiger partial charge is 0.255 e. The molecule has 4 rings (SSSR count). The molecule has 2 heterocycles. The number of methoxy groups -OCH3 is 1. The van der Waals surface area contributed by atoms with Crippen LogP contribution in [-0.2, 0) is 9.59 Å². The van der Waals surface area contributed by atoms with Gasteiger partial charge in [0.25, 0.3) is 5.91 Å². The van der Waals surface area contributed by atoms with E-state index in [0.717, 1.165) is 5.56 Å². The summed E-state index contributed by atoms with van der Waals surface area (Å²) in [5.41, 5.74) is 7.30. The van der Waals surface area contributed by atoms with Gasteiger partial charge in [0.15, 0.2) is 18.1 Å². The van der Waals surface area contributed by atoms with Crippen molar-refractivity contribution in [2.75, 3.05) is 19.0 Å². The average Bonchev–Trinajstić information content (AvgIpc) is 3.15. The molecule has 0 saturated heterocycles. The Morgan fingerprint density at radius 2 is 2.03 bits per heavy atom. The Labute approximate surface area is 171 Å². The first-order chi connectivity index (χ1) is 14.5. The maximum absolute atomic E-state index is 13.3. The minimum atomic E-state index is -0.596. The number of aromatic nitrogens is 2. The van der Waals surface area contributed by atoms with E-state index in [0.29, 0.717) is 28.7 Å². The number of nitrogens with one attached hydrogen (secondary N) is 1. The fourth-order valence-electron chi connectivity index (χ4n) is 3.45. The van der Waals surface area contributed by atoms with E-state index >= 15 is 0 Å². The van der Waals surface area contributed by atoms with E-state index in [9.17, 15) is 14.0 Å². The normalized spacial score (nSPS) is 15.3. The highest BCUT2D eigenvalue weighted by Gasteiger charge is 2.31. The molecule has 0 radical (unpaired) electrons. The summed E-state index contributed by atoms with van der Waals surface area (Å²) < 4.78 is 25.7. The third-order valence-electron chi connectivity index (χ3n) is 4.84. The van der Waals surface area contributed by atoms with Crippen molar-refractivity contribution >= 4 is 17.6 Å². The Morgan fingerprint density at radius 3 is 2.73 bits per heavy atom. The van der Waals surface area contributed by atoms with Gasteiger partial charge in [0.2, 0.25) is 5.91 Å². The standard InChI is InChI=1S/C21H19FN4O4/c1-29-17-8-12(2-7-16(17)30-10-18(23)27)15-9-19(28)25-21-20(15)24-11-26(21)14-5-3-13(22)4-6-14/h2-8,11,15H,9-10H2,1H3,(H2,23,27)(H,25,28)/t15-/m0/s1. The quantitative estimate of drug-likeness (QED) is 0.649. The summed E-state index contributed by atoms with van der Waals surface area (Å²) in [5.74, 6) is -0.0899. The molecule has 0 unspecified atom stereocenters. The SMILES string of the molecule is COc1cc([C@@H]2CC(=O)Nc3c2ncn3-c2ccc(F)cc2)ccc1OCC(N)=O. The van der Waals surface area contributed by atoms with Gasteiger partial charge in [-0.25, -0.2) is 9.37 Å². The summed E-state index contributed by atoms with van der Waals surface area (Å²) in [6.45, 7) is -0.270. The van der Waals surface area contributed by atoms with Crippen LogP contribution in [0.4, 0.5) is 10.2 Å². The van der Waals surface area contributed by atoms with Crippen molar-refractivity contribution in [1.29, 1.82) is 0 Å². The van der Waals surface area contributed by atoms with Gasteiger partial charge in [-0.05, 0) is 42.0 Å². The predicted molar refractivity (Wildman–Crippen MR) is 106 cm³/mol. The summed E-state index contributed by atoms with van der Waals surface area (Å²) >= 11 is 0. The Morgan fingerprint density at radius 1 is 1.27 bits per heavy atom. The summed E-state index contributed by atoms with van der Waals surface area (Å²) in [5, 5.41) is 2.85. The molecule has 1 aliphatic rings. The van der Waals surface area contributed by atoms with Crippen LogP contribution in [0.1, 0.15) is 23.6 Å². The molecule has 154 valence electrons. The van der Waals surface area contributed by atoms with Crippen molar-refractivity contribution in [2.45, 2.75) is 12.3 Å². The monoisotopic (exact) mass is 410 g/mol. The number of fused-ring (bicyclic) bond motifs is 1. The number of primary amides is 1. The Balaban J connectivity index is 1.71. The fourth-order valence-corrected chi connectivity index (χ4v) is 3.45. The van der Waals surface area contributed by atoms with Crippen LogP contribution in [0.2, 0.25) is 0 Å². The molecule has 2 aromatic carbocycles. The average molecular weight is 410 g/mol. The van der Waals surface area contributed by atoms with Crippen molar-refractivity contribution in [3.63, 3.8) is 0 Å². The van der Waals surface area contributed by atoms with Crippen LogP contribution < -0.4 is 20.5 Å². The molecule has 0 saturated carbocycles. The number of benzene rings is 2. The topological polar surface area (TPSA) is 108 Å². The van der Waals surface area contributed by atoms with E-state index in [4.69, 9.17) is 15.2 Å². The van der Waals surface area contributed by atoms with Crippen LogP contribution in [0.3, 0.4) is 0 Å². The molecule has 0 spiro atoms. The van der Waals surface area contributed by atoms with E-state index in [2.05, 4.69) is 10.3 Å². The van der Waals surface area contributed by atoms with Gasteiger partial charge in [0, 0.05) is 18.0 Å². The van der Waals surface area contributed by atoms with Crippen LogP contribution in [0, 0.1) is 5.82 Å². The third kappa shape index (κ3) is 3.69. The number of halogens is 1. The molecule has 0 fully saturated rings. The number of imidazole rings is 1. The van der Waals surface area contributed by atoms with Crippen LogP contribution in [-0.4, -0.2) is 35.1 Å². The number of rotatable bonds is 6. The number of nitrogens with two attached hydrogens (primary N) is 1.